The first-order valence-corrected chi connectivity index (χ1v) is 8.50. The molecule has 0 saturated carbocycles. The Morgan fingerprint density at radius 2 is 1.90 bits per heavy atom. The van der Waals surface area contributed by atoms with Crippen LogP contribution in [0.15, 0.2) is 21.6 Å². The van der Waals surface area contributed by atoms with Gasteiger partial charge < -0.3 is 9.40 Å². The highest BCUT2D eigenvalue weighted by atomic mass is 32.2. The molecule has 2 aromatic heterocycles. The monoisotopic (exact) mass is 310 g/mol. The first-order valence-electron chi connectivity index (χ1n) is 7.06. The molecule has 1 aliphatic rings. The van der Waals surface area contributed by atoms with Gasteiger partial charge in [-0.15, -0.1) is 10.2 Å². The molecule has 21 heavy (non-hydrogen) atoms. The molecular weight excluding hydrogens is 292 g/mol. The lowest BCUT2D eigenvalue weighted by Crippen LogP contribution is -2.31. The molecule has 114 valence electrons. The minimum absolute atomic E-state index is 0.246. The average molecular weight is 310 g/mol. The first-order chi connectivity index (χ1) is 10.1. The van der Waals surface area contributed by atoms with Gasteiger partial charge in [-0.25, -0.2) is 8.42 Å². The highest BCUT2D eigenvalue weighted by molar-refractivity contribution is 7.89. The topological polar surface area (TPSA) is 92.1 Å². The molecule has 0 bridgehead atoms. The summed E-state index contributed by atoms with van der Waals surface area (Å²) in [7, 11) is -3.45. The lowest BCUT2D eigenvalue weighted by molar-refractivity contribution is 0.424. The van der Waals surface area contributed by atoms with Crippen LogP contribution in [0.2, 0.25) is 0 Å². The van der Waals surface area contributed by atoms with Gasteiger partial charge in [0.1, 0.15) is 10.6 Å². The number of hydrogen-bond donors (Lipinski definition) is 1. The molecule has 0 unspecified atom stereocenters. The Morgan fingerprint density at radius 1 is 1.19 bits per heavy atom. The van der Waals surface area contributed by atoms with Crippen molar-refractivity contribution in [2.24, 2.45) is 0 Å². The number of aromatic nitrogens is 3. The molecule has 0 radical (unpaired) electrons. The molecule has 1 saturated heterocycles. The van der Waals surface area contributed by atoms with Crippen LogP contribution in [0.4, 0.5) is 0 Å². The Hall–Kier alpha value is -1.67. The summed E-state index contributed by atoms with van der Waals surface area (Å²) in [4.78, 5) is 3.14. The van der Waals surface area contributed by atoms with Crippen molar-refractivity contribution in [1.29, 1.82) is 0 Å². The van der Waals surface area contributed by atoms with Gasteiger partial charge in [0.05, 0.1) is 0 Å². The molecule has 1 fully saturated rings. The van der Waals surface area contributed by atoms with Crippen LogP contribution < -0.4 is 0 Å². The van der Waals surface area contributed by atoms with Crippen molar-refractivity contribution in [2.45, 2.75) is 37.5 Å². The molecule has 3 heterocycles. The minimum Gasteiger partial charge on any atom is -0.420 e. The summed E-state index contributed by atoms with van der Waals surface area (Å²) in [5.41, 5.74) is 0.518. The third-order valence-electron chi connectivity index (χ3n) is 3.62. The van der Waals surface area contributed by atoms with Crippen LogP contribution in [0.25, 0.3) is 11.6 Å². The van der Waals surface area contributed by atoms with Crippen molar-refractivity contribution < 1.29 is 12.8 Å². The molecule has 0 spiro atoms. The van der Waals surface area contributed by atoms with Crippen LogP contribution in [0.1, 0.15) is 31.6 Å². The van der Waals surface area contributed by atoms with Crippen LogP contribution in [-0.2, 0) is 10.0 Å². The molecule has 8 heteroatoms. The van der Waals surface area contributed by atoms with Crippen LogP contribution in [-0.4, -0.2) is 41.0 Å². The van der Waals surface area contributed by atoms with Gasteiger partial charge in [0.2, 0.25) is 15.9 Å². The van der Waals surface area contributed by atoms with Gasteiger partial charge in [-0.1, -0.05) is 12.8 Å². The zero-order chi connectivity index (χ0) is 14.9. The van der Waals surface area contributed by atoms with Gasteiger partial charge in [0.15, 0.2) is 0 Å². The predicted molar refractivity (Wildman–Crippen MR) is 76.0 cm³/mol. The van der Waals surface area contributed by atoms with Crippen LogP contribution >= 0.6 is 0 Å². The van der Waals surface area contributed by atoms with E-state index in [0.29, 0.717) is 30.6 Å². The molecule has 0 aromatic carbocycles. The number of H-pyrrole nitrogens is 1. The average Bonchev–Trinajstić information content (AvgIpc) is 3.01. The Morgan fingerprint density at radius 3 is 2.52 bits per heavy atom. The Bertz CT molecular complexity index is 711. The molecule has 0 atom stereocenters. The second-order valence-corrected chi connectivity index (χ2v) is 7.13. The third kappa shape index (κ3) is 2.86. The number of nitrogens with zero attached hydrogens (tertiary/aromatic N) is 3. The highest BCUT2D eigenvalue weighted by Gasteiger charge is 2.26. The lowest BCUT2D eigenvalue weighted by Gasteiger charge is -2.18. The summed E-state index contributed by atoms with van der Waals surface area (Å²) in [6.45, 7) is 2.86. The maximum absolute atomic E-state index is 12.6. The summed E-state index contributed by atoms with van der Waals surface area (Å²) in [5.74, 6) is 0.737. The zero-order valence-electron chi connectivity index (χ0n) is 11.9. The van der Waals surface area contributed by atoms with Crippen LogP contribution in [0.3, 0.4) is 0 Å². The molecule has 2 aromatic rings. The Labute approximate surface area is 123 Å². The summed E-state index contributed by atoms with van der Waals surface area (Å²) < 4.78 is 32.1. The van der Waals surface area contributed by atoms with Crippen molar-refractivity contribution in [1.82, 2.24) is 19.5 Å². The molecule has 0 aliphatic carbocycles. The van der Waals surface area contributed by atoms with Crippen molar-refractivity contribution >= 4 is 10.0 Å². The number of aromatic amines is 1. The number of hydrogen-bond acceptors (Lipinski definition) is 5. The Kier molecular flexibility index (Phi) is 3.81. The van der Waals surface area contributed by atoms with Crippen LogP contribution in [0, 0.1) is 6.92 Å². The van der Waals surface area contributed by atoms with E-state index in [0.717, 1.165) is 25.7 Å². The summed E-state index contributed by atoms with van der Waals surface area (Å²) in [5, 5.41) is 7.62. The number of rotatable bonds is 3. The maximum atomic E-state index is 12.6. The fraction of sp³-hybridized carbons (Fsp3) is 0.538. The van der Waals surface area contributed by atoms with E-state index >= 15 is 0 Å². The highest BCUT2D eigenvalue weighted by Crippen LogP contribution is 2.24. The number of sulfonamides is 1. The zero-order valence-corrected chi connectivity index (χ0v) is 12.7. The predicted octanol–water partition coefficient (Wildman–Crippen LogP) is 1.94. The number of aryl methyl sites for hydroxylation is 1. The van der Waals surface area contributed by atoms with Crippen molar-refractivity contribution in [2.75, 3.05) is 13.1 Å². The van der Waals surface area contributed by atoms with E-state index in [9.17, 15) is 8.42 Å². The molecule has 1 N–H and O–H groups in total. The molecule has 3 rings (SSSR count). The van der Waals surface area contributed by atoms with E-state index in [1.165, 1.54) is 6.20 Å². The summed E-state index contributed by atoms with van der Waals surface area (Å²) in [6.07, 6.45) is 5.49. The molecular formula is C13H18N4O3S. The Balaban J connectivity index is 1.87. The standard InChI is InChI=1S/C13H18N4O3S/c1-10-15-16-13(20-10)12-8-11(9-14-12)21(18,19)17-6-4-2-3-5-7-17/h8-9,14H,2-7H2,1H3. The van der Waals surface area contributed by atoms with E-state index in [2.05, 4.69) is 15.2 Å². The van der Waals surface area contributed by atoms with Gasteiger partial charge in [-0.2, -0.15) is 4.31 Å². The largest absolute Gasteiger partial charge is 0.420 e. The molecule has 1 aliphatic heterocycles. The van der Waals surface area contributed by atoms with E-state index in [4.69, 9.17) is 4.42 Å². The van der Waals surface area contributed by atoms with Crippen molar-refractivity contribution in [3.05, 3.63) is 18.2 Å². The number of nitrogens with one attached hydrogen (secondary N) is 1. The fourth-order valence-corrected chi connectivity index (χ4v) is 4.00. The normalized spacial score (nSPS) is 17.8. The van der Waals surface area contributed by atoms with E-state index in [1.807, 2.05) is 0 Å². The van der Waals surface area contributed by atoms with Gasteiger partial charge in [-0.3, -0.25) is 0 Å². The quantitative estimate of drug-likeness (QED) is 0.935. The SMILES string of the molecule is Cc1nnc(-c2cc(S(=O)(=O)N3CCCCCC3)c[nH]2)o1. The van der Waals surface area contributed by atoms with E-state index < -0.39 is 10.0 Å². The smallest absolute Gasteiger partial charge is 0.264 e. The fourth-order valence-electron chi connectivity index (χ4n) is 2.48. The molecule has 7 nitrogen and oxygen atoms in total. The first kappa shape index (κ1) is 14.3. The van der Waals surface area contributed by atoms with Gasteiger partial charge in [0.25, 0.3) is 5.89 Å². The minimum atomic E-state index is -3.45. The van der Waals surface area contributed by atoms with E-state index in [-0.39, 0.29) is 4.90 Å². The second kappa shape index (κ2) is 5.61. The van der Waals surface area contributed by atoms with Crippen molar-refractivity contribution in [3.8, 4) is 11.6 Å². The summed E-state index contributed by atoms with van der Waals surface area (Å²) in [6, 6.07) is 1.55. The van der Waals surface area contributed by atoms with Gasteiger partial charge >= 0.3 is 0 Å². The van der Waals surface area contributed by atoms with Gasteiger partial charge in [0, 0.05) is 26.2 Å². The van der Waals surface area contributed by atoms with Crippen LogP contribution in [0.5, 0.6) is 0 Å². The maximum Gasteiger partial charge on any atom is 0.264 e. The summed E-state index contributed by atoms with van der Waals surface area (Å²) >= 11 is 0. The third-order valence-corrected chi connectivity index (χ3v) is 5.49. The second-order valence-electron chi connectivity index (χ2n) is 5.19. The van der Waals surface area contributed by atoms with Gasteiger partial charge in [-0.05, 0) is 18.9 Å². The van der Waals surface area contributed by atoms with Crippen molar-refractivity contribution in [3.63, 3.8) is 0 Å². The lowest BCUT2D eigenvalue weighted by atomic mass is 10.2. The van der Waals surface area contributed by atoms with E-state index in [1.54, 1.807) is 17.3 Å². The molecule has 0 amide bonds.